The maximum Gasteiger partial charge on any atom is 0.225 e. The number of methoxy groups -OCH3 is 3. The molecule has 0 spiro atoms. The Labute approximate surface area is 251 Å². The third kappa shape index (κ3) is 7.66. The first kappa shape index (κ1) is 31.4. The molecule has 2 N–H and O–H groups in total. The zero-order valence-electron chi connectivity index (χ0n) is 26.5. The Morgan fingerprint density at radius 3 is 2.26 bits per heavy atom. The van der Waals surface area contributed by atoms with Crippen molar-refractivity contribution in [3.05, 3.63) is 35.9 Å². The summed E-state index contributed by atoms with van der Waals surface area (Å²) >= 11 is 0. The minimum Gasteiger partial charge on any atom is -0.496 e. The predicted octanol–water partition coefficient (Wildman–Crippen LogP) is 4.94. The third-order valence-electron chi connectivity index (χ3n) is 8.15. The molecular weight excluding hydrogens is 530 g/mol. The summed E-state index contributed by atoms with van der Waals surface area (Å²) in [5.74, 6) is 3.71. The van der Waals surface area contributed by atoms with Crippen LogP contribution >= 0.6 is 0 Å². The van der Waals surface area contributed by atoms with E-state index in [9.17, 15) is 0 Å². The Morgan fingerprint density at radius 2 is 1.62 bits per heavy atom. The molecule has 230 valence electrons. The van der Waals surface area contributed by atoms with E-state index in [0.29, 0.717) is 23.5 Å². The second-order valence-corrected chi connectivity index (χ2v) is 11.0. The molecule has 0 bridgehead atoms. The van der Waals surface area contributed by atoms with Gasteiger partial charge in [-0.3, -0.25) is 4.90 Å². The highest BCUT2D eigenvalue weighted by atomic mass is 16.5. The molecule has 0 atom stereocenters. The highest BCUT2D eigenvalue weighted by molar-refractivity contribution is 5.92. The van der Waals surface area contributed by atoms with Crippen LogP contribution < -0.4 is 29.7 Å². The molecule has 0 saturated carbocycles. The Kier molecular flexibility index (Phi) is 11.3. The molecule has 0 aliphatic carbocycles. The van der Waals surface area contributed by atoms with Crippen LogP contribution in [0.5, 0.6) is 17.2 Å². The van der Waals surface area contributed by atoms with Crippen molar-refractivity contribution in [3.63, 3.8) is 0 Å². The first-order valence-corrected chi connectivity index (χ1v) is 15.1. The number of anilines is 3. The van der Waals surface area contributed by atoms with E-state index in [-0.39, 0.29) is 0 Å². The monoisotopic (exact) mass is 579 g/mol. The summed E-state index contributed by atoms with van der Waals surface area (Å²) in [5, 5.41) is 8.14. The summed E-state index contributed by atoms with van der Waals surface area (Å²) in [4.78, 5) is 16.9. The van der Waals surface area contributed by atoms with Crippen molar-refractivity contribution in [3.8, 4) is 17.2 Å². The van der Waals surface area contributed by atoms with Gasteiger partial charge < -0.3 is 34.6 Å². The topological polar surface area (TPSA) is 87.2 Å². The van der Waals surface area contributed by atoms with E-state index in [2.05, 4.69) is 71.5 Å². The molecule has 1 fully saturated rings. The number of nitrogens with zero attached hydrogens (tertiary/aromatic N) is 5. The van der Waals surface area contributed by atoms with Gasteiger partial charge in [-0.25, -0.2) is 4.98 Å². The number of aromatic nitrogens is 2. The number of nitrogens with one attached hydrogen (secondary N) is 2. The Hall–Kier alpha value is -3.50. The minimum absolute atomic E-state index is 0.300. The highest BCUT2D eigenvalue weighted by Gasteiger charge is 2.23. The van der Waals surface area contributed by atoms with E-state index in [1.165, 1.54) is 11.3 Å². The number of benzene rings is 2. The fourth-order valence-corrected chi connectivity index (χ4v) is 5.66. The number of rotatable bonds is 15. The van der Waals surface area contributed by atoms with Gasteiger partial charge in [-0.15, -0.1) is 0 Å². The van der Waals surface area contributed by atoms with Crippen LogP contribution in [0.3, 0.4) is 0 Å². The number of hydrogen-bond donors (Lipinski definition) is 2. The van der Waals surface area contributed by atoms with E-state index < -0.39 is 0 Å². The average Bonchev–Trinajstić information content (AvgIpc) is 3.01. The smallest absolute Gasteiger partial charge is 0.225 e. The van der Waals surface area contributed by atoms with Crippen molar-refractivity contribution >= 4 is 28.4 Å². The summed E-state index contributed by atoms with van der Waals surface area (Å²) in [6, 6.07) is 10.5. The van der Waals surface area contributed by atoms with Crippen LogP contribution in [0.2, 0.25) is 0 Å². The lowest BCUT2D eigenvalue weighted by Gasteiger charge is -2.34. The molecular formula is C32H49N7O3. The Balaban J connectivity index is 1.48. The molecule has 2 heterocycles. The largest absolute Gasteiger partial charge is 0.496 e. The lowest BCUT2D eigenvalue weighted by molar-refractivity contribution is 0.209. The van der Waals surface area contributed by atoms with Crippen molar-refractivity contribution in [2.24, 2.45) is 0 Å². The standard InChI is InChI=1S/C32H49N7O3/c1-8-38(9-2)17-11-16-33-32-35-26-21-30(42-7)29(41-6)20-24(26)31(36-32)34-23-14-18-39(19-15-23)22-25-27(37(3)4)12-10-13-28(25)40-5/h10,12-13,20-21,23H,8-9,11,14-19,22H2,1-7H3,(H2,33,34,35,36). The van der Waals surface area contributed by atoms with Crippen molar-refractivity contribution in [1.82, 2.24) is 19.8 Å². The van der Waals surface area contributed by atoms with Crippen molar-refractivity contribution in [2.75, 3.05) is 90.2 Å². The van der Waals surface area contributed by atoms with Crippen LogP contribution in [0.15, 0.2) is 30.3 Å². The van der Waals surface area contributed by atoms with Crippen molar-refractivity contribution in [2.45, 2.75) is 45.7 Å². The van der Waals surface area contributed by atoms with Gasteiger partial charge in [-0.05, 0) is 57.1 Å². The van der Waals surface area contributed by atoms with E-state index in [1.807, 2.05) is 12.1 Å². The number of ether oxygens (including phenoxy) is 3. The average molecular weight is 580 g/mol. The summed E-state index contributed by atoms with van der Waals surface area (Å²) in [6.45, 7) is 11.2. The summed E-state index contributed by atoms with van der Waals surface area (Å²) in [7, 11) is 9.22. The number of piperidine rings is 1. The van der Waals surface area contributed by atoms with Gasteiger partial charge in [0.1, 0.15) is 11.6 Å². The molecule has 42 heavy (non-hydrogen) atoms. The summed E-state index contributed by atoms with van der Waals surface area (Å²) in [5.41, 5.74) is 3.25. The molecule has 1 aromatic heterocycles. The molecule has 1 saturated heterocycles. The van der Waals surface area contributed by atoms with Crippen LogP contribution in [0.25, 0.3) is 10.9 Å². The van der Waals surface area contributed by atoms with Crippen molar-refractivity contribution < 1.29 is 14.2 Å². The molecule has 10 nitrogen and oxygen atoms in total. The maximum atomic E-state index is 5.72. The molecule has 4 rings (SSSR count). The van der Waals surface area contributed by atoms with Gasteiger partial charge >= 0.3 is 0 Å². The summed E-state index contributed by atoms with van der Waals surface area (Å²) in [6.07, 6.45) is 3.05. The van der Waals surface area contributed by atoms with E-state index in [1.54, 1.807) is 21.3 Å². The second kappa shape index (κ2) is 15.1. The zero-order chi connectivity index (χ0) is 30.1. The first-order chi connectivity index (χ1) is 20.4. The quantitative estimate of drug-likeness (QED) is 0.241. The second-order valence-electron chi connectivity index (χ2n) is 11.0. The molecule has 10 heteroatoms. The molecule has 1 aliphatic heterocycles. The van der Waals surface area contributed by atoms with Crippen LogP contribution in [-0.4, -0.2) is 101 Å². The molecule has 0 amide bonds. The fourth-order valence-electron chi connectivity index (χ4n) is 5.66. The highest BCUT2D eigenvalue weighted by Crippen LogP contribution is 2.36. The first-order valence-electron chi connectivity index (χ1n) is 15.1. The maximum absolute atomic E-state index is 5.72. The predicted molar refractivity (Wildman–Crippen MR) is 173 cm³/mol. The van der Waals surface area contributed by atoms with E-state index >= 15 is 0 Å². The molecule has 0 unspecified atom stereocenters. The number of fused-ring (bicyclic) bond motifs is 1. The molecule has 0 radical (unpaired) electrons. The van der Waals surface area contributed by atoms with Crippen LogP contribution in [-0.2, 0) is 6.54 Å². The molecule has 1 aliphatic rings. The lowest BCUT2D eigenvalue weighted by Crippen LogP contribution is -2.39. The molecule has 3 aromatic rings. The lowest BCUT2D eigenvalue weighted by atomic mass is 10.0. The van der Waals surface area contributed by atoms with Crippen LogP contribution in [0.4, 0.5) is 17.5 Å². The van der Waals surface area contributed by atoms with Gasteiger partial charge in [0, 0.05) is 69.0 Å². The van der Waals surface area contributed by atoms with Gasteiger partial charge in [-0.1, -0.05) is 19.9 Å². The molecule has 2 aromatic carbocycles. The van der Waals surface area contributed by atoms with Crippen LogP contribution in [0.1, 0.15) is 38.7 Å². The van der Waals surface area contributed by atoms with Gasteiger partial charge in [-0.2, -0.15) is 4.98 Å². The number of likely N-dealkylation sites (tertiary alicyclic amines) is 1. The number of hydrogen-bond acceptors (Lipinski definition) is 10. The van der Waals surface area contributed by atoms with E-state index in [0.717, 1.165) is 87.5 Å². The van der Waals surface area contributed by atoms with Gasteiger partial charge in [0.15, 0.2) is 11.5 Å². The van der Waals surface area contributed by atoms with Gasteiger partial charge in [0.05, 0.1) is 26.8 Å². The van der Waals surface area contributed by atoms with Gasteiger partial charge in [0.25, 0.3) is 0 Å². The van der Waals surface area contributed by atoms with E-state index in [4.69, 9.17) is 24.2 Å². The fraction of sp³-hybridized carbons (Fsp3) is 0.562. The zero-order valence-corrected chi connectivity index (χ0v) is 26.5. The summed E-state index contributed by atoms with van der Waals surface area (Å²) < 4.78 is 16.9. The Bertz CT molecular complexity index is 1290. The minimum atomic E-state index is 0.300. The Morgan fingerprint density at radius 1 is 0.929 bits per heavy atom. The van der Waals surface area contributed by atoms with Crippen LogP contribution in [0, 0.1) is 0 Å². The normalized spacial score (nSPS) is 14.3. The van der Waals surface area contributed by atoms with Crippen molar-refractivity contribution in [1.29, 1.82) is 0 Å². The SMILES string of the molecule is CCN(CC)CCCNc1nc(NC2CCN(Cc3c(OC)cccc3N(C)C)CC2)c2cc(OC)c(OC)cc2n1. The third-order valence-corrected chi connectivity index (χ3v) is 8.15. The van der Waals surface area contributed by atoms with Gasteiger partial charge in [0.2, 0.25) is 5.95 Å².